The smallest absolute Gasteiger partial charge is 0.241 e. The first kappa shape index (κ1) is 22.0. The van der Waals surface area contributed by atoms with E-state index in [2.05, 4.69) is 15.4 Å². The summed E-state index contributed by atoms with van der Waals surface area (Å²) in [6, 6.07) is 13.3. The maximum absolute atomic E-state index is 12.3. The van der Waals surface area contributed by atoms with Crippen LogP contribution in [0.25, 0.3) is 0 Å². The van der Waals surface area contributed by atoms with Crippen LogP contribution in [0.3, 0.4) is 0 Å². The van der Waals surface area contributed by atoms with Gasteiger partial charge in [-0.05, 0) is 61.3 Å². The Hall–Kier alpha value is -2.29. The fourth-order valence-electron chi connectivity index (χ4n) is 2.92. The van der Waals surface area contributed by atoms with Crippen molar-refractivity contribution in [3.8, 4) is 5.75 Å². The summed E-state index contributed by atoms with van der Waals surface area (Å²) in [5.74, 6) is 0.440. The van der Waals surface area contributed by atoms with Crippen LogP contribution in [0.4, 0.5) is 11.4 Å². The molecule has 1 amide bonds. The van der Waals surface area contributed by atoms with E-state index in [1.807, 2.05) is 0 Å². The number of hydrogen-bond acceptors (Lipinski definition) is 5. The van der Waals surface area contributed by atoms with Crippen LogP contribution in [-0.2, 0) is 20.6 Å². The lowest BCUT2D eigenvalue weighted by Crippen LogP contribution is -2.35. The summed E-state index contributed by atoms with van der Waals surface area (Å²) in [7, 11) is -1.99. The number of halogens is 1. The fraction of sp³-hybridized carbons (Fsp3) is 0.316. The molecule has 0 radical (unpaired) electrons. The number of anilines is 2. The Morgan fingerprint density at radius 2 is 1.75 bits per heavy atom. The highest BCUT2D eigenvalue weighted by atomic mass is 35.5. The normalized spacial score (nSPS) is 16.1. The second-order valence-electron chi connectivity index (χ2n) is 6.42. The summed E-state index contributed by atoms with van der Waals surface area (Å²) in [5, 5.41) is 5.99. The molecule has 0 aliphatic carbocycles. The molecule has 3 rings (SSSR count). The number of ether oxygens (including phenoxy) is 1. The molecule has 28 heavy (non-hydrogen) atoms. The third-order valence-electron chi connectivity index (χ3n) is 4.32. The second kappa shape index (κ2) is 9.77. The predicted octanol–water partition coefficient (Wildman–Crippen LogP) is 2.75. The van der Waals surface area contributed by atoms with Crippen LogP contribution in [0, 0.1) is 0 Å². The van der Waals surface area contributed by atoms with E-state index in [-0.39, 0.29) is 30.1 Å². The van der Waals surface area contributed by atoms with Crippen molar-refractivity contribution in [3.05, 3.63) is 54.1 Å². The van der Waals surface area contributed by atoms with Gasteiger partial charge >= 0.3 is 0 Å². The first-order valence-electron chi connectivity index (χ1n) is 8.73. The van der Waals surface area contributed by atoms with Gasteiger partial charge in [0.05, 0.1) is 18.9 Å². The Morgan fingerprint density at radius 1 is 1.11 bits per heavy atom. The van der Waals surface area contributed by atoms with Crippen molar-refractivity contribution >= 4 is 39.7 Å². The number of hydrogen-bond donors (Lipinski definition) is 3. The Labute approximate surface area is 171 Å². The Morgan fingerprint density at radius 3 is 2.32 bits per heavy atom. The van der Waals surface area contributed by atoms with Crippen LogP contribution in [0.15, 0.2) is 48.5 Å². The minimum absolute atomic E-state index is 0. The molecule has 1 atom stereocenters. The highest BCUT2D eigenvalue weighted by molar-refractivity contribution is 7.91. The lowest BCUT2D eigenvalue weighted by molar-refractivity contribution is -0.117. The zero-order chi connectivity index (χ0) is 19.3. The average Bonchev–Trinajstić information content (AvgIpc) is 3.18. The quantitative estimate of drug-likeness (QED) is 0.633. The van der Waals surface area contributed by atoms with E-state index >= 15 is 0 Å². The molecule has 152 valence electrons. The monoisotopic (exact) mass is 425 g/mol. The van der Waals surface area contributed by atoms with Gasteiger partial charge in [-0.3, -0.25) is 9.52 Å². The lowest BCUT2D eigenvalue weighted by Gasteiger charge is -2.12. The molecule has 1 aliphatic rings. The third-order valence-corrected chi connectivity index (χ3v) is 5.58. The summed E-state index contributed by atoms with van der Waals surface area (Å²) in [6.07, 6.45) is 1.83. The van der Waals surface area contributed by atoms with Crippen LogP contribution < -0.4 is 20.1 Å². The fourth-order valence-corrected chi connectivity index (χ4v) is 4.11. The van der Waals surface area contributed by atoms with Gasteiger partial charge in [-0.1, -0.05) is 12.1 Å². The van der Waals surface area contributed by atoms with Crippen LogP contribution in [0.5, 0.6) is 5.75 Å². The predicted molar refractivity (Wildman–Crippen MR) is 113 cm³/mol. The molecule has 2 aromatic carbocycles. The van der Waals surface area contributed by atoms with Crippen molar-refractivity contribution in [3.63, 3.8) is 0 Å². The van der Waals surface area contributed by atoms with Crippen molar-refractivity contribution in [1.29, 1.82) is 0 Å². The Bertz CT molecular complexity index is 880. The van der Waals surface area contributed by atoms with Gasteiger partial charge in [0.2, 0.25) is 15.9 Å². The Kier molecular flexibility index (Phi) is 7.68. The summed E-state index contributed by atoms with van der Waals surface area (Å²) >= 11 is 0. The number of sulfonamides is 1. The number of methoxy groups -OCH3 is 1. The highest BCUT2D eigenvalue weighted by Crippen LogP contribution is 2.18. The Balaban J connectivity index is 0.00000280. The van der Waals surface area contributed by atoms with Gasteiger partial charge in [-0.25, -0.2) is 8.42 Å². The van der Waals surface area contributed by atoms with E-state index in [1.54, 1.807) is 55.6 Å². The van der Waals surface area contributed by atoms with Crippen molar-refractivity contribution in [2.45, 2.75) is 24.6 Å². The van der Waals surface area contributed by atoms with Gasteiger partial charge in [0.1, 0.15) is 5.75 Å². The lowest BCUT2D eigenvalue weighted by atomic mass is 10.2. The van der Waals surface area contributed by atoms with Crippen LogP contribution in [0.1, 0.15) is 18.4 Å². The summed E-state index contributed by atoms with van der Waals surface area (Å²) in [5.41, 5.74) is 1.76. The molecule has 2 aromatic rings. The molecule has 1 fully saturated rings. The number of nitrogens with one attached hydrogen (secondary N) is 3. The average molecular weight is 426 g/mol. The molecular formula is C19H24ClN3O4S. The van der Waals surface area contributed by atoms with E-state index in [0.717, 1.165) is 19.4 Å². The van der Waals surface area contributed by atoms with Gasteiger partial charge in [0.25, 0.3) is 0 Å². The minimum Gasteiger partial charge on any atom is -0.497 e. The van der Waals surface area contributed by atoms with Crippen molar-refractivity contribution < 1.29 is 17.9 Å². The van der Waals surface area contributed by atoms with E-state index in [1.165, 1.54) is 0 Å². The van der Waals surface area contributed by atoms with Gasteiger partial charge in [-0.15, -0.1) is 12.4 Å². The molecule has 1 aliphatic heterocycles. The van der Waals surface area contributed by atoms with E-state index in [9.17, 15) is 13.2 Å². The maximum Gasteiger partial charge on any atom is 0.241 e. The van der Waals surface area contributed by atoms with E-state index in [0.29, 0.717) is 22.7 Å². The SMILES string of the molecule is COc1ccc(NS(=O)(=O)Cc2ccc(NC(=O)C3CCCN3)cc2)cc1.Cl. The first-order chi connectivity index (χ1) is 12.9. The molecule has 0 aromatic heterocycles. The molecule has 1 heterocycles. The summed E-state index contributed by atoms with van der Waals surface area (Å²) < 4.78 is 32.3. The zero-order valence-electron chi connectivity index (χ0n) is 15.5. The number of carbonyl (C=O) groups is 1. The molecule has 1 saturated heterocycles. The minimum atomic E-state index is -3.54. The van der Waals surface area contributed by atoms with E-state index in [4.69, 9.17) is 4.74 Å². The highest BCUT2D eigenvalue weighted by Gasteiger charge is 2.21. The van der Waals surface area contributed by atoms with Gasteiger partial charge in [0, 0.05) is 11.4 Å². The molecule has 9 heteroatoms. The molecule has 3 N–H and O–H groups in total. The van der Waals surface area contributed by atoms with E-state index < -0.39 is 10.0 Å². The van der Waals surface area contributed by atoms with Gasteiger partial charge < -0.3 is 15.4 Å². The maximum atomic E-state index is 12.3. The summed E-state index contributed by atoms with van der Waals surface area (Å²) in [4.78, 5) is 12.1. The van der Waals surface area contributed by atoms with Crippen LogP contribution in [-0.4, -0.2) is 34.0 Å². The van der Waals surface area contributed by atoms with Crippen LogP contribution >= 0.6 is 12.4 Å². The largest absolute Gasteiger partial charge is 0.497 e. The summed E-state index contributed by atoms with van der Waals surface area (Å²) in [6.45, 7) is 0.857. The van der Waals surface area contributed by atoms with Gasteiger partial charge in [-0.2, -0.15) is 0 Å². The molecule has 0 spiro atoms. The molecule has 0 saturated carbocycles. The second-order valence-corrected chi connectivity index (χ2v) is 8.15. The molecule has 0 bridgehead atoms. The zero-order valence-corrected chi connectivity index (χ0v) is 17.1. The third kappa shape index (κ3) is 6.12. The topological polar surface area (TPSA) is 96.5 Å². The standard InChI is InChI=1S/C19H23N3O4S.ClH/c1-26-17-10-8-16(9-11-17)22-27(24,25)13-14-4-6-15(7-5-14)21-19(23)18-3-2-12-20-18;/h4-11,18,20,22H,2-3,12-13H2,1H3,(H,21,23);1H. The molecule has 7 nitrogen and oxygen atoms in total. The van der Waals surface area contributed by atoms with Crippen LogP contribution in [0.2, 0.25) is 0 Å². The first-order valence-corrected chi connectivity index (χ1v) is 10.4. The van der Waals surface area contributed by atoms with Crippen molar-refractivity contribution in [2.24, 2.45) is 0 Å². The van der Waals surface area contributed by atoms with Gasteiger partial charge in [0.15, 0.2) is 0 Å². The molecule has 1 unspecified atom stereocenters. The number of amides is 1. The number of benzene rings is 2. The molecular weight excluding hydrogens is 402 g/mol. The van der Waals surface area contributed by atoms with Crippen molar-refractivity contribution in [1.82, 2.24) is 5.32 Å². The number of rotatable bonds is 7. The van der Waals surface area contributed by atoms with Crippen molar-refractivity contribution in [2.75, 3.05) is 23.7 Å². The number of carbonyl (C=O) groups excluding carboxylic acids is 1.